The maximum Gasteiger partial charge on any atom is 0.305 e. The van der Waals surface area contributed by atoms with Crippen molar-refractivity contribution in [2.75, 3.05) is 11.9 Å². The summed E-state index contributed by atoms with van der Waals surface area (Å²) in [5.41, 5.74) is 4.18. The number of nitrogens with one attached hydrogen (secondary N) is 2. The SMILES string of the molecule is CC(C)[C@H](Nc1ccc(-c2nnc(-c3ccccc3)o2)cc1)c1ccc(C(=O)NCCC(=O)O)cc1. The van der Waals surface area contributed by atoms with Crippen LogP contribution in [0.3, 0.4) is 0 Å². The first-order valence-electron chi connectivity index (χ1n) is 11.8. The highest BCUT2D eigenvalue weighted by Crippen LogP contribution is 2.29. The Morgan fingerprint density at radius 2 is 1.47 bits per heavy atom. The van der Waals surface area contributed by atoms with E-state index in [0.717, 1.165) is 22.4 Å². The normalized spacial score (nSPS) is 11.8. The van der Waals surface area contributed by atoms with Crippen LogP contribution >= 0.6 is 0 Å². The number of carbonyl (C=O) groups excluding carboxylic acids is 1. The monoisotopic (exact) mass is 484 g/mol. The van der Waals surface area contributed by atoms with Gasteiger partial charge in [0.05, 0.1) is 12.5 Å². The molecule has 0 bridgehead atoms. The van der Waals surface area contributed by atoms with Crippen molar-refractivity contribution in [3.8, 4) is 22.9 Å². The van der Waals surface area contributed by atoms with Gasteiger partial charge in [0.15, 0.2) is 0 Å². The lowest BCUT2D eigenvalue weighted by molar-refractivity contribution is -0.136. The van der Waals surface area contributed by atoms with Gasteiger partial charge >= 0.3 is 5.97 Å². The highest BCUT2D eigenvalue weighted by atomic mass is 16.4. The smallest absolute Gasteiger partial charge is 0.305 e. The van der Waals surface area contributed by atoms with Crippen molar-refractivity contribution in [1.82, 2.24) is 15.5 Å². The standard InChI is InChI=1S/C28H28N4O4/c1-18(2)25(19-8-10-20(11-9-19)26(35)29-17-16-24(33)34)30-23-14-12-22(13-15-23)28-32-31-27(36-28)21-6-4-3-5-7-21/h3-15,18,25,30H,16-17H2,1-2H3,(H,29,35)(H,33,34)/t25-/m0/s1. The van der Waals surface area contributed by atoms with E-state index >= 15 is 0 Å². The highest BCUT2D eigenvalue weighted by Gasteiger charge is 2.17. The van der Waals surface area contributed by atoms with E-state index in [1.165, 1.54) is 0 Å². The molecule has 3 N–H and O–H groups in total. The minimum atomic E-state index is -0.946. The predicted molar refractivity (Wildman–Crippen MR) is 137 cm³/mol. The van der Waals surface area contributed by atoms with Crippen molar-refractivity contribution in [3.05, 3.63) is 90.0 Å². The molecule has 0 radical (unpaired) electrons. The van der Waals surface area contributed by atoms with E-state index in [0.29, 0.717) is 17.3 Å². The molecule has 0 aliphatic rings. The maximum absolute atomic E-state index is 12.2. The summed E-state index contributed by atoms with van der Waals surface area (Å²) in [6.07, 6.45) is -0.108. The van der Waals surface area contributed by atoms with Crippen LogP contribution in [-0.4, -0.2) is 33.7 Å². The maximum atomic E-state index is 12.2. The molecule has 1 amide bonds. The van der Waals surface area contributed by atoms with E-state index in [-0.39, 0.29) is 30.8 Å². The Hall–Kier alpha value is -4.46. The van der Waals surface area contributed by atoms with Gasteiger partial charge in [-0.05, 0) is 60.0 Å². The molecule has 1 heterocycles. The van der Waals surface area contributed by atoms with Gasteiger partial charge in [0.2, 0.25) is 11.8 Å². The van der Waals surface area contributed by atoms with E-state index in [9.17, 15) is 9.59 Å². The Morgan fingerprint density at radius 1 is 0.861 bits per heavy atom. The van der Waals surface area contributed by atoms with E-state index in [1.807, 2.05) is 66.7 Å². The molecule has 3 aromatic carbocycles. The van der Waals surface area contributed by atoms with Crippen LogP contribution in [0.2, 0.25) is 0 Å². The first kappa shape index (κ1) is 24.7. The lowest BCUT2D eigenvalue weighted by Gasteiger charge is -2.24. The Balaban J connectivity index is 1.42. The molecule has 0 unspecified atom stereocenters. The molecule has 0 fully saturated rings. The molecule has 8 heteroatoms. The number of nitrogens with zero attached hydrogens (tertiary/aromatic N) is 2. The van der Waals surface area contributed by atoms with Crippen molar-refractivity contribution in [1.29, 1.82) is 0 Å². The molecule has 0 aliphatic carbocycles. The molecule has 184 valence electrons. The highest BCUT2D eigenvalue weighted by molar-refractivity contribution is 5.94. The van der Waals surface area contributed by atoms with Crippen molar-refractivity contribution in [2.45, 2.75) is 26.3 Å². The van der Waals surface area contributed by atoms with Crippen molar-refractivity contribution < 1.29 is 19.1 Å². The molecule has 36 heavy (non-hydrogen) atoms. The van der Waals surface area contributed by atoms with Crippen LogP contribution in [0, 0.1) is 5.92 Å². The summed E-state index contributed by atoms with van der Waals surface area (Å²) < 4.78 is 5.85. The molecule has 0 spiro atoms. The minimum Gasteiger partial charge on any atom is -0.481 e. The fourth-order valence-corrected chi connectivity index (χ4v) is 3.79. The van der Waals surface area contributed by atoms with Gasteiger partial charge in [0.25, 0.3) is 5.91 Å². The molecule has 1 aromatic heterocycles. The predicted octanol–water partition coefficient (Wildman–Crippen LogP) is 5.42. The Kier molecular flexibility index (Phi) is 7.75. The van der Waals surface area contributed by atoms with Gasteiger partial charge in [0.1, 0.15) is 0 Å². The fraction of sp³-hybridized carbons (Fsp3) is 0.214. The third-order valence-corrected chi connectivity index (χ3v) is 5.72. The van der Waals surface area contributed by atoms with Crippen LogP contribution in [0.25, 0.3) is 22.9 Å². The lowest BCUT2D eigenvalue weighted by atomic mass is 9.94. The van der Waals surface area contributed by atoms with Gasteiger partial charge in [-0.15, -0.1) is 10.2 Å². The van der Waals surface area contributed by atoms with E-state index in [2.05, 4.69) is 34.7 Å². The zero-order valence-electron chi connectivity index (χ0n) is 20.1. The summed E-state index contributed by atoms with van der Waals surface area (Å²) in [5, 5.41) is 23.2. The van der Waals surface area contributed by atoms with Crippen molar-refractivity contribution >= 4 is 17.6 Å². The number of aliphatic carboxylic acids is 1. The minimum absolute atomic E-state index is 0.0214. The van der Waals surface area contributed by atoms with Gasteiger partial charge in [0, 0.05) is 28.9 Å². The molecule has 8 nitrogen and oxygen atoms in total. The molecule has 0 saturated carbocycles. The molecular formula is C28H28N4O4. The Labute approximate surface area is 209 Å². The zero-order chi connectivity index (χ0) is 25.5. The average molecular weight is 485 g/mol. The van der Waals surface area contributed by atoms with E-state index in [4.69, 9.17) is 9.52 Å². The summed E-state index contributed by atoms with van der Waals surface area (Å²) in [5.74, 6) is -0.0172. The number of carboxylic acid groups (broad SMARTS) is 1. The number of amides is 1. The Bertz CT molecular complexity index is 1300. The van der Waals surface area contributed by atoms with Crippen LogP contribution in [0.5, 0.6) is 0 Å². The average Bonchev–Trinajstić information content (AvgIpc) is 3.38. The first-order chi connectivity index (χ1) is 17.4. The van der Waals surface area contributed by atoms with E-state index < -0.39 is 5.97 Å². The second kappa shape index (κ2) is 11.3. The fourth-order valence-electron chi connectivity index (χ4n) is 3.79. The number of anilines is 1. The molecule has 4 rings (SSSR count). The second-order valence-electron chi connectivity index (χ2n) is 8.74. The van der Waals surface area contributed by atoms with Gasteiger partial charge < -0.3 is 20.2 Å². The van der Waals surface area contributed by atoms with Gasteiger partial charge in [-0.25, -0.2) is 0 Å². The Morgan fingerprint density at radius 3 is 2.06 bits per heavy atom. The second-order valence-corrected chi connectivity index (χ2v) is 8.74. The van der Waals surface area contributed by atoms with Crippen LogP contribution < -0.4 is 10.6 Å². The topological polar surface area (TPSA) is 117 Å². The van der Waals surface area contributed by atoms with E-state index in [1.54, 1.807) is 12.1 Å². The van der Waals surface area contributed by atoms with Crippen LogP contribution in [-0.2, 0) is 4.79 Å². The molecule has 0 aliphatic heterocycles. The quantitative estimate of drug-likeness (QED) is 0.275. The number of hydrogen-bond donors (Lipinski definition) is 3. The first-order valence-corrected chi connectivity index (χ1v) is 11.8. The number of hydrogen-bond acceptors (Lipinski definition) is 6. The summed E-state index contributed by atoms with van der Waals surface area (Å²) in [6.45, 7) is 4.35. The van der Waals surface area contributed by atoms with Crippen LogP contribution in [0.1, 0.15) is 42.2 Å². The number of aromatic nitrogens is 2. The molecule has 0 saturated heterocycles. The molecule has 4 aromatic rings. The molecular weight excluding hydrogens is 456 g/mol. The summed E-state index contributed by atoms with van der Waals surface area (Å²) in [6, 6.07) is 24.8. The third kappa shape index (κ3) is 6.15. The van der Waals surface area contributed by atoms with Crippen molar-refractivity contribution in [2.24, 2.45) is 5.92 Å². The summed E-state index contributed by atoms with van der Waals surface area (Å²) in [7, 11) is 0. The zero-order valence-corrected chi connectivity index (χ0v) is 20.1. The number of carbonyl (C=O) groups is 2. The van der Waals surface area contributed by atoms with Crippen LogP contribution in [0.4, 0.5) is 5.69 Å². The third-order valence-electron chi connectivity index (χ3n) is 5.72. The lowest BCUT2D eigenvalue weighted by Crippen LogP contribution is -2.26. The number of rotatable bonds is 10. The van der Waals surface area contributed by atoms with Crippen LogP contribution in [0.15, 0.2) is 83.3 Å². The number of carboxylic acids is 1. The summed E-state index contributed by atoms with van der Waals surface area (Å²) >= 11 is 0. The largest absolute Gasteiger partial charge is 0.481 e. The molecule has 1 atom stereocenters. The van der Waals surface area contributed by atoms with Gasteiger partial charge in [-0.3, -0.25) is 9.59 Å². The van der Waals surface area contributed by atoms with Crippen molar-refractivity contribution in [3.63, 3.8) is 0 Å². The van der Waals surface area contributed by atoms with Gasteiger partial charge in [-0.2, -0.15) is 0 Å². The van der Waals surface area contributed by atoms with Gasteiger partial charge in [-0.1, -0.05) is 44.2 Å². The summed E-state index contributed by atoms with van der Waals surface area (Å²) in [4.78, 5) is 22.9. The number of benzene rings is 3.